The number of carbonyl (C=O) groups is 1. The van der Waals surface area contributed by atoms with Gasteiger partial charge < -0.3 is 9.47 Å². The summed E-state index contributed by atoms with van der Waals surface area (Å²) in [5, 5.41) is 0.612. The maximum Gasteiger partial charge on any atom is 0.338 e. The Labute approximate surface area is 123 Å². The van der Waals surface area contributed by atoms with Crippen LogP contribution in [-0.4, -0.2) is 12.6 Å². The van der Waals surface area contributed by atoms with Crippen LogP contribution in [-0.2, 0) is 11.3 Å². The fourth-order valence-corrected chi connectivity index (χ4v) is 1.95. The van der Waals surface area contributed by atoms with E-state index in [1.54, 1.807) is 31.2 Å². The molecule has 0 N–H and O–H groups in total. The van der Waals surface area contributed by atoms with Crippen molar-refractivity contribution in [1.82, 2.24) is 0 Å². The zero-order valence-corrected chi connectivity index (χ0v) is 11.9. The summed E-state index contributed by atoms with van der Waals surface area (Å²) >= 11 is 5.90. The lowest BCUT2D eigenvalue weighted by atomic mass is 10.1. The van der Waals surface area contributed by atoms with Crippen LogP contribution in [0, 0.1) is 0 Å². The predicted octanol–water partition coefficient (Wildman–Crippen LogP) is 4.10. The summed E-state index contributed by atoms with van der Waals surface area (Å²) < 4.78 is 10.7. The summed E-state index contributed by atoms with van der Waals surface area (Å²) in [5.41, 5.74) is 1.31. The second-order valence-electron chi connectivity index (χ2n) is 4.12. The molecule has 2 aromatic carbocycles. The molecule has 0 aliphatic rings. The first-order valence-corrected chi connectivity index (χ1v) is 6.72. The van der Waals surface area contributed by atoms with Crippen LogP contribution in [0.5, 0.6) is 5.75 Å². The number of ether oxygens (including phenoxy) is 2. The topological polar surface area (TPSA) is 35.5 Å². The lowest BCUT2D eigenvalue weighted by Gasteiger charge is -2.10. The van der Waals surface area contributed by atoms with E-state index in [1.807, 2.05) is 24.3 Å². The highest BCUT2D eigenvalue weighted by molar-refractivity contribution is 6.30. The summed E-state index contributed by atoms with van der Waals surface area (Å²) in [6, 6.07) is 14.4. The third kappa shape index (κ3) is 3.75. The van der Waals surface area contributed by atoms with Gasteiger partial charge >= 0.3 is 5.97 Å². The molecule has 20 heavy (non-hydrogen) atoms. The van der Waals surface area contributed by atoms with Gasteiger partial charge in [0.1, 0.15) is 12.4 Å². The van der Waals surface area contributed by atoms with Gasteiger partial charge in [0.15, 0.2) is 0 Å². The van der Waals surface area contributed by atoms with E-state index in [9.17, 15) is 4.79 Å². The molecule has 104 valence electrons. The molecule has 4 heteroatoms. The predicted molar refractivity (Wildman–Crippen MR) is 78.2 cm³/mol. The number of benzene rings is 2. The molecule has 0 spiro atoms. The van der Waals surface area contributed by atoms with Gasteiger partial charge in [0.2, 0.25) is 0 Å². The first kappa shape index (κ1) is 14.4. The van der Waals surface area contributed by atoms with E-state index in [0.29, 0.717) is 22.9 Å². The van der Waals surface area contributed by atoms with Crippen LogP contribution in [0.3, 0.4) is 0 Å². The molecule has 0 saturated heterocycles. The number of hydrogen-bond acceptors (Lipinski definition) is 3. The highest BCUT2D eigenvalue weighted by Gasteiger charge is 2.12. The molecule has 0 atom stereocenters. The number of esters is 1. The Morgan fingerprint density at radius 1 is 1.15 bits per heavy atom. The van der Waals surface area contributed by atoms with Gasteiger partial charge in [-0.05, 0) is 31.2 Å². The molecule has 0 unspecified atom stereocenters. The van der Waals surface area contributed by atoms with Crippen molar-refractivity contribution in [3.05, 3.63) is 64.7 Å². The maximum atomic E-state index is 11.8. The van der Waals surface area contributed by atoms with Crippen molar-refractivity contribution in [2.45, 2.75) is 13.5 Å². The molecule has 2 aromatic rings. The van der Waals surface area contributed by atoms with E-state index in [2.05, 4.69) is 0 Å². The monoisotopic (exact) mass is 290 g/mol. The van der Waals surface area contributed by atoms with Crippen molar-refractivity contribution in [1.29, 1.82) is 0 Å². The molecule has 0 saturated carbocycles. The standard InChI is InChI=1S/C16H15ClO3/c1-2-19-16(18)15-9-4-3-6-12(15)11-20-14-8-5-7-13(17)10-14/h3-10H,2,11H2,1H3. The van der Waals surface area contributed by atoms with Crippen LogP contribution in [0.15, 0.2) is 48.5 Å². The Bertz CT molecular complexity index is 596. The quantitative estimate of drug-likeness (QED) is 0.778. The van der Waals surface area contributed by atoms with Gasteiger partial charge in [-0.3, -0.25) is 0 Å². The largest absolute Gasteiger partial charge is 0.489 e. The van der Waals surface area contributed by atoms with E-state index in [4.69, 9.17) is 21.1 Å². The molecule has 0 fully saturated rings. The minimum absolute atomic E-state index is 0.287. The number of hydrogen-bond donors (Lipinski definition) is 0. The van der Waals surface area contributed by atoms with Crippen molar-refractivity contribution in [3.8, 4) is 5.75 Å². The number of halogens is 1. The first-order valence-electron chi connectivity index (χ1n) is 6.34. The van der Waals surface area contributed by atoms with Gasteiger partial charge in [0.05, 0.1) is 12.2 Å². The minimum Gasteiger partial charge on any atom is -0.489 e. The van der Waals surface area contributed by atoms with E-state index in [-0.39, 0.29) is 12.6 Å². The number of carbonyl (C=O) groups excluding carboxylic acids is 1. The second kappa shape index (κ2) is 6.96. The molecule has 2 rings (SSSR count). The van der Waals surface area contributed by atoms with Gasteiger partial charge in [0, 0.05) is 10.6 Å². The smallest absolute Gasteiger partial charge is 0.338 e. The molecule has 0 heterocycles. The van der Waals surface area contributed by atoms with Crippen molar-refractivity contribution in [3.63, 3.8) is 0 Å². The fourth-order valence-electron chi connectivity index (χ4n) is 1.77. The third-order valence-corrected chi connectivity index (χ3v) is 2.94. The van der Waals surface area contributed by atoms with Gasteiger partial charge in [-0.15, -0.1) is 0 Å². The van der Waals surface area contributed by atoms with Crippen molar-refractivity contribution in [2.75, 3.05) is 6.61 Å². The van der Waals surface area contributed by atoms with Crippen molar-refractivity contribution in [2.24, 2.45) is 0 Å². The normalized spacial score (nSPS) is 10.1. The van der Waals surface area contributed by atoms with Crippen molar-refractivity contribution < 1.29 is 14.3 Å². The second-order valence-corrected chi connectivity index (χ2v) is 4.56. The van der Waals surface area contributed by atoms with Crippen LogP contribution < -0.4 is 4.74 Å². The van der Waals surface area contributed by atoms with Crippen molar-refractivity contribution >= 4 is 17.6 Å². The molecule has 0 amide bonds. The maximum absolute atomic E-state index is 11.8. The highest BCUT2D eigenvalue weighted by Crippen LogP contribution is 2.19. The lowest BCUT2D eigenvalue weighted by Crippen LogP contribution is -2.09. The molecule has 0 aliphatic heterocycles. The van der Waals surface area contributed by atoms with E-state index in [0.717, 1.165) is 5.56 Å². The Morgan fingerprint density at radius 2 is 1.95 bits per heavy atom. The first-order chi connectivity index (χ1) is 9.70. The SMILES string of the molecule is CCOC(=O)c1ccccc1COc1cccc(Cl)c1. The number of rotatable bonds is 5. The van der Waals surface area contributed by atoms with Crippen LogP contribution in [0.4, 0.5) is 0 Å². The summed E-state index contributed by atoms with van der Waals surface area (Å²) in [4.78, 5) is 11.8. The van der Waals surface area contributed by atoms with Crippen LogP contribution in [0.25, 0.3) is 0 Å². The average Bonchev–Trinajstić information content (AvgIpc) is 2.46. The van der Waals surface area contributed by atoms with Crippen LogP contribution >= 0.6 is 11.6 Å². The van der Waals surface area contributed by atoms with E-state index in [1.165, 1.54) is 0 Å². The summed E-state index contributed by atoms with van der Waals surface area (Å²) in [7, 11) is 0. The summed E-state index contributed by atoms with van der Waals surface area (Å²) in [6.07, 6.45) is 0. The van der Waals surface area contributed by atoms with Crippen LogP contribution in [0.1, 0.15) is 22.8 Å². The van der Waals surface area contributed by atoms with Crippen LogP contribution in [0.2, 0.25) is 5.02 Å². The molecular formula is C16H15ClO3. The zero-order valence-electron chi connectivity index (χ0n) is 11.1. The fraction of sp³-hybridized carbons (Fsp3) is 0.188. The molecule has 0 radical (unpaired) electrons. The van der Waals surface area contributed by atoms with Gasteiger partial charge in [-0.25, -0.2) is 4.79 Å². The molecule has 3 nitrogen and oxygen atoms in total. The van der Waals surface area contributed by atoms with Gasteiger partial charge in [0.25, 0.3) is 0 Å². The van der Waals surface area contributed by atoms with E-state index >= 15 is 0 Å². The Kier molecular flexibility index (Phi) is 5.02. The molecule has 0 bridgehead atoms. The molecule has 0 aromatic heterocycles. The summed E-state index contributed by atoms with van der Waals surface area (Å²) in [5.74, 6) is 0.328. The highest BCUT2D eigenvalue weighted by atomic mass is 35.5. The lowest BCUT2D eigenvalue weighted by molar-refractivity contribution is 0.0523. The Balaban J connectivity index is 2.11. The zero-order chi connectivity index (χ0) is 14.4. The molecular weight excluding hydrogens is 276 g/mol. The Morgan fingerprint density at radius 3 is 2.70 bits per heavy atom. The van der Waals surface area contributed by atoms with Gasteiger partial charge in [-0.2, -0.15) is 0 Å². The molecule has 0 aliphatic carbocycles. The summed E-state index contributed by atoms with van der Waals surface area (Å²) in [6.45, 7) is 2.42. The van der Waals surface area contributed by atoms with E-state index < -0.39 is 0 Å². The average molecular weight is 291 g/mol. The van der Waals surface area contributed by atoms with Gasteiger partial charge in [-0.1, -0.05) is 35.9 Å². The minimum atomic E-state index is -0.335. The Hall–Kier alpha value is -2.00. The third-order valence-electron chi connectivity index (χ3n) is 2.70.